The van der Waals surface area contributed by atoms with Gasteiger partial charge in [0.1, 0.15) is 5.60 Å². The largest absolute Gasteiger partial charge is 0.504 e. The molecule has 4 heteroatoms. The second-order valence-electron chi connectivity index (χ2n) is 4.92. The predicted molar refractivity (Wildman–Crippen MR) is 73.4 cm³/mol. The van der Waals surface area contributed by atoms with E-state index in [9.17, 15) is 4.79 Å². The lowest BCUT2D eigenvalue weighted by Crippen LogP contribution is -2.32. The molecule has 0 aliphatic carbocycles. The monoisotopic (exact) mass is 255 g/mol. The molecule has 1 amide bonds. The number of rotatable bonds is 7. The Labute approximate surface area is 110 Å². The van der Waals surface area contributed by atoms with Crippen LogP contribution in [0.3, 0.4) is 0 Å². The number of amides is 1. The Hall–Kier alpha value is -1.45. The first kappa shape index (κ1) is 16.6. The normalized spacial score (nSPS) is 12.0. The number of hydrogen-bond donors (Lipinski definition) is 1. The van der Waals surface area contributed by atoms with Crippen molar-refractivity contribution in [1.29, 1.82) is 0 Å². The van der Waals surface area contributed by atoms with Gasteiger partial charge in [-0.15, -0.1) is 0 Å². The lowest BCUT2D eigenvalue weighted by atomic mass is 10.2. The minimum atomic E-state index is -0.430. The van der Waals surface area contributed by atoms with Crippen LogP contribution in [0, 0.1) is 0 Å². The first-order valence-corrected chi connectivity index (χ1v) is 6.27. The standard InChI is InChI=1S/C14H25NO3/c1-14(2,3)18-13(16)15-11-9-7-5-6-8-10-12-17-4/h6,8,10,12H,5,7,9,11H2,1-4H3,(H,15,16)/b8-6+,12-10+. The predicted octanol–water partition coefficient (Wildman–Crippen LogP) is 3.40. The maximum Gasteiger partial charge on any atom is 0.407 e. The third-order valence-corrected chi connectivity index (χ3v) is 1.93. The molecule has 0 saturated carbocycles. The fraction of sp³-hybridized carbons (Fsp3) is 0.643. The minimum Gasteiger partial charge on any atom is -0.504 e. The number of methoxy groups -OCH3 is 1. The summed E-state index contributed by atoms with van der Waals surface area (Å²) in [5.41, 5.74) is -0.430. The Morgan fingerprint density at radius 1 is 1.22 bits per heavy atom. The molecule has 1 N–H and O–H groups in total. The third kappa shape index (κ3) is 12.6. The summed E-state index contributed by atoms with van der Waals surface area (Å²) in [5.74, 6) is 0. The van der Waals surface area contributed by atoms with E-state index in [0.29, 0.717) is 6.54 Å². The van der Waals surface area contributed by atoms with Gasteiger partial charge in [0, 0.05) is 6.54 Å². The van der Waals surface area contributed by atoms with Crippen LogP contribution in [0.4, 0.5) is 4.79 Å². The molecule has 4 nitrogen and oxygen atoms in total. The Morgan fingerprint density at radius 2 is 1.94 bits per heavy atom. The molecular weight excluding hydrogens is 230 g/mol. The van der Waals surface area contributed by atoms with Crippen molar-refractivity contribution >= 4 is 6.09 Å². The van der Waals surface area contributed by atoms with Crippen LogP contribution in [0.15, 0.2) is 24.5 Å². The summed E-state index contributed by atoms with van der Waals surface area (Å²) in [7, 11) is 1.62. The molecule has 0 unspecified atom stereocenters. The average Bonchev–Trinajstić information content (AvgIpc) is 2.24. The van der Waals surface area contributed by atoms with Crippen molar-refractivity contribution in [3.63, 3.8) is 0 Å². The fourth-order valence-electron chi connectivity index (χ4n) is 1.19. The molecule has 0 aliphatic rings. The van der Waals surface area contributed by atoms with E-state index in [1.807, 2.05) is 32.9 Å². The Kier molecular flexibility index (Phi) is 8.80. The highest BCUT2D eigenvalue weighted by Crippen LogP contribution is 2.06. The van der Waals surface area contributed by atoms with Gasteiger partial charge < -0.3 is 14.8 Å². The first-order valence-electron chi connectivity index (χ1n) is 6.27. The summed E-state index contributed by atoms with van der Waals surface area (Å²) in [5, 5.41) is 2.73. The molecule has 0 radical (unpaired) electrons. The molecule has 0 fully saturated rings. The molecule has 0 aromatic heterocycles. The molecule has 0 atom stereocenters. The summed E-state index contributed by atoms with van der Waals surface area (Å²) < 4.78 is 9.88. The van der Waals surface area contributed by atoms with Crippen LogP contribution in [-0.4, -0.2) is 25.3 Å². The van der Waals surface area contributed by atoms with Crippen molar-refractivity contribution in [2.45, 2.75) is 45.6 Å². The summed E-state index contributed by atoms with van der Waals surface area (Å²) in [6, 6.07) is 0. The van der Waals surface area contributed by atoms with Gasteiger partial charge >= 0.3 is 6.09 Å². The molecule has 0 aliphatic heterocycles. The van der Waals surface area contributed by atoms with Crippen molar-refractivity contribution in [2.24, 2.45) is 0 Å². The number of hydrogen-bond acceptors (Lipinski definition) is 3. The summed E-state index contributed by atoms with van der Waals surface area (Å²) in [6.07, 6.45) is 10.1. The maximum absolute atomic E-state index is 11.3. The molecule has 0 spiro atoms. The number of unbranched alkanes of at least 4 members (excludes halogenated alkanes) is 2. The van der Waals surface area contributed by atoms with Crippen LogP contribution in [0.5, 0.6) is 0 Å². The minimum absolute atomic E-state index is 0.346. The summed E-state index contributed by atoms with van der Waals surface area (Å²) in [4.78, 5) is 11.3. The summed E-state index contributed by atoms with van der Waals surface area (Å²) >= 11 is 0. The number of allylic oxidation sites excluding steroid dienone is 3. The van der Waals surface area contributed by atoms with Gasteiger partial charge in [-0.25, -0.2) is 4.79 Å². The fourth-order valence-corrected chi connectivity index (χ4v) is 1.19. The van der Waals surface area contributed by atoms with Gasteiger partial charge in [-0.05, 0) is 46.1 Å². The van der Waals surface area contributed by atoms with Gasteiger partial charge in [0.05, 0.1) is 13.4 Å². The second kappa shape index (κ2) is 9.57. The molecule has 0 heterocycles. The van der Waals surface area contributed by atoms with E-state index in [1.165, 1.54) is 0 Å². The summed E-state index contributed by atoms with van der Waals surface area (Å²) in [6.45, 7) is 6.21. The van der Waals surface area contributed by atoms with Gasteiger partial charge in [0.15, 0.2) is 0 Å². The van der Waals surface area contributed by atoms with E-state index in [1.54, 1.807) is 13.4 Å². The van der Waals surface area contributed by atoms with Crippen LogP contribution in [0.2, 0.25) is 0 Å². The number of alkyl carbamates (subject to hydrolysis) is 1. The first-order chi connectivity index (χ1) is 8.45. The van der Waals surface area contributed by atoms with Crippen molar-refractivity contribution in [2.75, 3.05) is 13.7 Å². The maximum atomic E-state index is 11.3. The zero-order valence-electron chi connectivity index (χ0n) is 11.9. The van der Waals surface area contributed by atoms with Crippen LogP contribution < -0.4 is 5.32 Å². The van der Waals surface area contributed by atoms with Crippen LogP contribution in [0.1, 0.15) is 40.0 Å². The van der Waals surface area contributed by atoms with Crippen LogP contribution >= 0.6 is 0 Å². The molecule has 0 aromatic carbocycles. The number of carbonyl (C=O) groups excluding carboxylic acids is 1. The van der Waals surface area contributed by atoms with Crippen molar-refractivity contribution in [3.05, 3.63) is 24.5 Å². The van der Waals surface area contributed by atoms with E-state index in [0.717, 1.165) is 19.3 Å². The van der Waals surface area contributed by atoms with E-state index >= 15 is 0 Å². The second-order valence-corrected chi connectivity index (χ2v) is 4.92. The van der Waals surface area contributed by atoms with Gasteiger partial charge in [0.25, 0.3) is 0 Å². The highest BCUT2D eigenvalue weighted by molar-refractivity contribution is 5.67. The quantitative estimate of drug-likeness (QED) is 0.431. The van der Waals surface area contributed by atoms with E-state index in [-0.39, 0.29) is 6.09 Å². The molecule has 0 aromatic rings. The van der Waals surface area contributed by atoms with Gasteiger partial charge in [-0.3, -0.25) is 0 Å². The van der Waals surface area contributed by atoms with Gasteiger partial charge in [-0.2, -0.15) is 0 Å². The van der Waals surface area contributed by atoms with Crippen molar-refractivity contribution < 1.29 is 14.3 Å². The van der Waals surface area contributed by atoms with E-state index in [4.69, 9.17) is 9.47 Å². The third-order valence-electron chi connectivity index (χ3n) is 1.93. The number of ether oxygens (including phenoxy) is 2. The number of carbonyl (C=O) groups is 1. The Morgan fingerprint density at radius 3 is 2.56 bits per heavy atom. The zero-order chi connectivity index (χ0) is 13.9. The highest BCUT2D eigenvalue weighted by atomic mass is 16.6. The lowest BCUT2D eigenvalue weighted by molar-refractivity contribution is 0.0527. The lowest BCUT2D eigenvalue weighted by Gasteiger charge is -2.19. The topological polar surface area (TPSA) is 47.6 Å². The SMILES string of the molecule is CO/C=C/C=C/CCCCNC(=O)OC(C)(C)C. The molecule has 0 bridgehead atoms. The van der Waals surface area contributed by atoms with Crippen molar-refractivity contribution in [3.8, 4) is 0 Å². The van der Waals surface area contributed by atoms with Crippen LogP contribution in [-0.2, 0) is 9.47 Å². The Balaban J connectivity index is 3.43. The highest BCUT2D eigenvalue weighted by Gasteiger charge is 2.15. The smallest absolute Gasteiger partial charge is 0.407 e. The Bertz CT molecular complexity index is 277. The van der Waals surface area contributed by atoms with Gasteiger partial charge in [0.2, 0.25) is 0 Å². The molecule has 0 rings (SSSR count). The average molecular weight is 255 g/mol. The number of nitrogens with one attached hydrogen (secondary N) is 1. The van der Waals surface area contributed by atoms with E-state index < -0.39 is 5.60 Å². The zero-order valence-corrected chi connectivity index (χ0v) is 11.9. The molecular formula is C14H25NO3. The molecule has 104 valence electrons. The van der Waals surface area contributed by atoms with Crippen LogP contribution in [0.25, 0.3) is 0 Å². The molecule has 18 heavy (non-hydrogen) atoms. The van der Waals surface area contributed by atoms with Gasteiger partial charge in [-0.1, -0.05) is 12.2 Å². The van der Waals surface area contributed by atoms with E-state index in [2.05, 4.69) is 11.4 Å². The van der Waals surface area contributed by atoms with Crippen molar-refractivity contribution in [1.82, 2.24) is 5.32 Å². The molecule has 0 saturated heterocycles.